The summed E-state index contributed by atoms with van der Waals surface area (Å²) in [5.74, 6) is 0.181. The van der Waals surface area contributed by atoms with Crippen molar-refractivity contribution in [3.05, 3.63) is 64.8 Å². The lowest BCUT2D eigenvalue weighted by atomic mass is 10.2. The molecule has 1 aromatic carbocycles. The Labute approximate surface area is 131 Å². The molecule has 23 heavy (non-hydrogen) atoms. The monoisotopic (exact) mass is 312 g/mol. The minimum absolute atomic E-state index is 0.122. The van der Waals surface area contributed by atoms with Crippen LogP contribution in [0.3, 0.4) is 0 Å². The van der Waals surface area contributed by atoms with Crippen LogP contribution in [0.5, 0.6) is 5.75 Å². The van der Waals surface area contributed by atoms with Crippen molar-refractivity contribution in [3.63, 3.8) is 0 Å². The van der Waals surface area contributed by atoms with Gasteiger partial charge in [-0.15, -0.1) is 0 Å². The van der Waals surface area contributed by atoms with Crippen LogP contribution < -0.4 is 16.0 Å². The summed E-state index contributed by atoms with van der Waals surface area (Å²) in [5.41, 5.74) is 6.09. The van der Waals surface area contributed by atoms with E-state index in [9.17, 15) is 9.59 Å². The number of aromatic nitrogens is 3. The smallest absolute Gasteiger partial charge is 0.290 e. The minimum Gasteiger partial charge on any atom is -0.494 e. The number of rotatable bonds is 6. The van der Waals surface area contributed by atoms with Crippen LogP contribution >= 0.6 is 0 Å². The van der Waals surface area contributed by atoms with E-state index in [1.807, 2.05) is 6.07 Å². The number of nitrogens with zero attached hydrogens (tertiary/aromatic N) is 3. The molecule has 2 N–H and O–H groups in total. The first-order valence-corrected chi connectivity index (χ1v) is 7.20. The molecule has 0 saturated heterocycles. The van der Waals surface area contributed by atoms with Crippen LogP contribution in [0, 0.1) is 0 Å². The Balaban J connectivity index is 1.55. The van der Waals surface area contributed by atoms with Crippen molar-refractivity contribution in [2.45, 2.75) is 13.0 Å². The van der Waals surface area contributed by atoms with Gasteiger partial charge in [0, 0.05) is 24.7 Å². The van der Waals surface area contributed by atoms with E-state index in [0.29, 0.717) is 36.4 Å². The number of hydrogen-bond donors (Lipinski definition) is 1. The van der Waals surface area contributed by atoms with E-state index >= 15 is 0 Å². The first-order valence-electron chi connectivity index (χ1n) is 7.20. The first-order chi connectivity index (χ1) is 11.1. The van der Waals surface area contributed by atoms with Crippen LogP contribution in [0.2, 0.25) is 0 Å². The molecule has 7 nitrogen and oxygen atoms in total. The Morgan fingerprint density at radius 3 is 2.74 bits per heavy atom. The fourth-order valence-electron chi connectivity index (χ4n) is 2.26. The summed E-state index contributed by atoms with van der Waals surface area (Å²) in [6, 6.07) is 10.2. The Hall–Kier alpha value is -3.09. The maximum absolute atomic E-state index is 12.2. The molecule has 0 bridgehead atoms. The van der Waals surface area contributed by atoms with Gasteiger partial charge >= 0.3 is 0 Å². The highest BCUT2D eigenvalue weighted by molar-refractivity contribution is 5.92. The average molecular weight is 312 g/mol. The van der Waals surface area contributed by atoms with E-state index in [1.165, 1.54) is 4.68 Å². The van der Waals surface area contributed by atoms with Gasteiger partial charge in [-0.2, -0.15) is 5.10 Å². The third-order valence-electron chi connectivity index (χ3n) is 3.47. The molecule has 0 radical (unpaired) electrons. The lowest BCUT2D eigenvalue weighted by Crippen LogP contribution is -2.25. The van der Waals surface area contributed by atoms with Crippen LogP contribution in [0.25, 0.3) is 5.52 Å². The highest BCUT2D eigenvalue weighted by Gasteiger charge is 2.04. The Morgan fingerprint density at radius 2 is 2.00 bits per heavy atom. The van der Waals surface area contributed by atoms with Crippen molar-refractivity contribution in [2.75, 3.05) is 6.61 Å². The molecule has 0 aliphatic rings. The van der Waals surface area contributed by atoms with Gasteiger partial charge in [-0.3, -0.25) is 9.59 Å². The summed E-state index contributed by atoms with van der Waals surface area (Å²) in [5, 5.41) is 4.11. The zero-order valence-corrected chi connectivity index (χ0v) is 12.4. The van der Waals surface area contributed by atoms with E-state index in [4.69, 9.17) is 10.5 Å². The van der Waals surface area contributed by atoms with Crippen LogP contribution in [0.1, 0.15) is 16.8 Å². The predicted molar refractivity (Wildman–Crippen MR) is 84.5 cm³/mol. The van der Waals surface area contributed by atoms with Crippen LogP contribution in [0.15, 0.2) is 53.7 Å². The van der Waals surface area contributed by atoms with Crippen LogP contribution in [-0.2, 0) is 6.54 Å². The second-order valence-electron chi connectivity index (χ2n) is 5.05. The van der Waals surface area contributed by atoms with Crippen molar-refractivity contribution in [3.8, 4) is 5.75 Å². The van der Waals surface area contributed by atoms with Crippen molar-refractivity contribution >= 4 is 11.4 Å². The molecule has 3 rings (SSSR count). The Morgan fingerprint density at radius 1 is 1.22 bits per heavy atom. The van der Waals surface area contributed by atoms with E-state index in [1.54, 1.807) is 47.3 Å². The summed E-state index contributed by atoms with van der Waals surface area (Å²) < 4.78 is 8.69. The van der Waals surface area contributed by atoms with Gasteiger partial charge in [-0.05, 0) is 36.4 Å². The number of hydrogen-bond acceptors (Lipinski definition) is 4. The predicted octanol–water partition coefficient (Wildman–Crippen LogP) is 1.06. The number of carbonyl (C=O) groups excluding carboxylic acids is 1. The molecular formula is C16H16N4O3. The molecule has 7 heteroatoms. The summed E-state index contributed by atoms with van der Waals surface area (Å²) >= 11 is 0. The number of fused-ring (bicyclic) bond motifs is 1. The quantitative estimate of drug-likeness (QED) is 0.689. The second kappa shape index (κ2) is 6.35. The largest absolute Gasteiger partial charge is 0.494 e. The minimum atomic E-state index is -0.470. The van der Waals surface area contributed by atoms with Crippen molar-refractivity contribution in [1.29, 1.82) is 0 Å². The van der Waals surface area contributed by atoms with Gasteiger partial charge in [-0.25, -0.2) is 4.68 Å². The fraction of sp³-hybridized carbons (Fsp3) is 0.188. The maximum atomic E-state index is 12.2. The molecule has 0 saturated carbocycles. The molecule has 0 fully saturated rings. The first kappa shape index (κ1) is 14.8. The number of carbonyl (C=O) groups is 1. The van der Waals surface area contributed by atoms with Gasteiger partial charge in [0.1, 0.15) is 17.6 Å². The van der Waals surface area contributed by atoms with Gasteiger partial charge in [0.15, 0.2) is 0 Å². The average Bonchev–Trinajstić information content (AvgIpc) is 3.03. The van der Waals surface area contributed by atoms with E-state index < -0.39 is 5.91 Å². The number of ether oxygens (including phenoxy) is 1. The lowest BCUT2D eigenvalue weighted by Gasteiger charge is -2.08. The van der Waals surface area contributed by atoms with E-state index in [0.717, 1.165) is 0 Å². The lowest BCUT2D eigenvalue weighted by molar-refractivity contribution is 0.100. The molecule has 0 atom stereocenters. The molecular weight excluding hydrogens is 296 g/mol. The Bertz CT molecular complexity index is 880. The van der Waals surface area contributed by atoms with Crippen molar-refractivity contribution in [2.24, 2.45) is 5.73 Å². The summed E-state index contributed by atoms with van der Waals surface area (Å²) in [6.07, 6.45) is 4.04. The molecule has 0 unspecified atom stereocenters. The fourth-order valence-corrected chi connectivity index (χ4v) is 2.26. The number of amides is 1. The molecule has 0 aliphatic carbocycles. The van der Waals surface area contributed by atoms with Gasteiger partial charge in [0.25, 0.3) is 5.56 Å². The molecule has 2 heterocycles. The molecule has 2 aromatic heterocycles. The highest BCUT2D eigenvalue weighted by Crippen LogP contribution is 2.12. The van der Waals surface area contributed by atoms with Crippen LogP contribution in [0.4, 0.5) is 0 Å². The SMILES string of the molecule is NC(=O)c1ccc(OCCCn2ncn3cccc3c2=O)cc1. The van der Waals surface area contributed by atoms with Gasteiger partial charge < -0.3 is 14.9 Å². The number of benzene rings is 1. The molecule has 0 aliphatic heterocycles. The standard InChI is InChI=1S/C16H16N4O3/c17-15(21)12-4-6-13(7-5-12)23-10-2-9-20-16(22)14-3-1-8-19(14)11-18-20/h1,3-8,11H,2,9-10H2,(H2,17,21). The normalized spacial score (nSPS) is 10.8. The van der Waals surface area contributed by atoms with Crippen molar-refractivity contribution in [1.82, 2.24) is 14.2 Å². The van der Waals surface area contributed by atoms with Gasteiger partial charge in [0.05, 0.1) is 6.61 Å². The number of primary amides is 1. The molecule has 3 aromatic rings. The van der Waals surface area contributed by atoms with E-state index in [-0.39, 0.29) is 5.56 Å². The van der Waals surface area contributed by atoms with Gasteiger partial charge in [0.2, 0.25) is 5.91 Å². The number of aryl methyl sites for hydroxylation is 1. The zero-order chi connectivity index (χ0) is 16.2. The van der Waals surface area contributed by atoms with Crippen molar-refractivity contribution < 1.29 is 9.53 Å². The zero-order valence-electron chi connectivity index (χ0n) is 12.4. The summed E-state index contributed by atoms with van der Waals surface area (Å²) in [6.45, 7) is 0.913. The summed E-state index contributed by atoms with van der Waals surface area (Å²) in [7, 11) is 0. The summed E-state index contributed by atoms with van der Waals surface area (Å²) in [4.78, 5) is 23.1. The number of nitrogens with two attached hydrogens (primary N) is 1. The second-order valence-corrected chi connectivity index (χ2v) is 5.05. The third-order valence-corrected chi connectivity index (χ3v) is 3.47. The van der Waals surface area contributed by atoms with Gasteiger partial charge in [-0.1, -0.05) is 0 Å². The molecule has 118 valence electrons. The molecule has 1 amide bonds. The van der Waals surface area contributed by atoms with E-state index in [2.05, 4.69) is 5.10 Å². The Kier molecular flexibility index (Phi) is 4.09. The van der Waals surface area contributed by atoms with Crippen LogP contribution in [-0.4, -0.2) is 26.7 Å². The topological polar surface area (TPSA) is 91.6 Å². The third kappa shape index (κ3) is 3.23. The maximum Gasteiger partial charge on any atom is 0.290 e. The highest BCUT2D eigenvalue weighted by atomic mass is 16.5. The molecule has 0 spiro atoms.